The third-order valence-electron chi connectivity index (χ3n) is 2.04. The Hall–Kier alpha value is -0.860. The molecule has 0 saturated carbocycles. The van der Waals surface area contributed by atoms with E-state index >= 15 is 0 Å². The van der Waals surface area contributed by atoms with E-state index in [4.69, 9.17) is 0 Å². The first-order valence-corrected chi connectivity index (χ1v) is 4.45. The predicted octanol–water partition coefficient (Wildman–Crippen LogP) is 1.72. The van der Waals surface area contributed by atoms with E-state index < -0.39 is 12.2 Å². The third kappa shape index (κ3) is 2.54. The summed E-state index contributed by atoms with van der Waals surface area (Å²) in [5.74, 6) is 0. The van der Waals surface area contributed by atoms with Crippen LogP contribution in [0.25, 0.3) is 0 Å². The number of hydrogen-bond acceptors (Lipinski definition) is 2. The van der Waals surface area contributed by atoms with Gasteiger partial charge in [-0.1, -0.05) is 29.3 Å². The molecule has 2 nitrogen and oxygen atoms in total. The summed E-state index contributed by atoms with van der Waals surface area (Å²) in [7, 11) is 0. The summed E-state index contributed by atoms with van der Waals surface area (Å²) < 4.78 is 0. The summed E-state index contributed by atoms with van der Waals surface area (Å²) >= 11 is 0. The molecule has 0 unspecified atom stereocenters. The second-order valence-corrected chi connectivity index (χ2v) is 3.61. The topological polar surface area (TPSA) is 40.5 Å². The molecule has 1 rings (SSSR count). The molecule has 0 aromatic heterocycles. The summed E-state index contributed by atoms with van der Waals surface area (Å²) in [6.07, 6.45) is -1.50. The van der Waals surface area contributed by atoms with E-state index in [1.807, 2.05) is 32.0 Å². The summed E-state index contributed by atoms with van der Waals surface area (Å²) in [6, 6.07) is 5.83. The highest BCUT2D eigenvalue weighted by molar-refractivity contribution is 5.30. The predicted molar refractivity (Wildman–Crippen MR) is 52.6 cm³/mol. The van der Waals surface area contributed by atoms with Crippen LogP contribution in [0.5, 0.6) is 0 Å². The van der Waals surface area contributed by atoms with Crippen molar-refractivity contribution < 1.29 is 10.2 Å². The molecule has 72 valence electrons. The van der Waals surface area contributed by atoms with Crippen molar-refractivity contribution in [3.63, 3.8) is 0 Å². The average molecular weight is 180 g/mol. The minimum Gasteiger partial charge on any atom is -0.390 e. The Bertz CT molecular complexity index is 272. The molecule has 0 amide bonds. The Morgan fingerprint density at radius 2 is 1.46 bits per heavy atom. The van der Waals surface area contributed by atoms with E-state index in [0.29, 0.717) is 0 Å². The first-order valence-electron chi connectivity index (χ1n) is 4.45. The van der Waals surface area contributed by atoms with Crippen LogP contribution >= 0.6 is 0 Å². The Morgan fingerprint density at radius 1 is 1.00 bits per heavy atom. The summed E-state index contributed by atoms with van der Waals surface area (Å²) in [6.45, 7) is 5.54. The van der Waals surface area contributed by atoms with E-state index in [1.165, 1.54) is 0 Å². The monoisotopic (exact) mass is 180 g/mol. The molecule has 0 radical (unpaired) electrons. The zero-order valence-corrected chi connectivity index (χ0v) is 8.28. The van der Waals surface area contributed by atoms with E-state index in [-0.39, 0.29) is 0 Å². The van der Waals surface area contributed by atoms with Crippen molar-refractivity contribution >= 4 is 0 Å². The highest BCUT2D eigenvalue weighted by Gasteiger charge is 2.13. The Kier molecular flexibility index (Phi) is 3.07. The van der Waals surface area contributed by atoms with Gasteiger partial charge in [-0.05, 0) is 26.3 Å². The van der Waals surface area contributed by atoms with Gasteiger partial charge in [-0.2, -0.15) is 0 Å². The molecule has 0 aliphatic heterocycles. The van der Waals surface area contributed by atoms with Crippen LogP contribution in [0, 0.1) is 13.8 Å². The van der Waals surface area contributed by atoms with Crippen molar-refractivity contribution in [2.24, 2.45) is 0 Å². The number of aliphatic hydroxyl groups excluding tert-OH is 2. The maximum absolute atomic E-state index is 9.60. The number of aliphatic hydroxyl groups is 2. The highest BCUT2D eigenvalue weighted by Crippen LogP contribution is 2.19. The molecule has 0 saturated heterocycles. The Morgan fingerprint density at radius 3 is 1.85 bits per heavy atom. The molecule has 0 fully saturated rings. The van der Waals surface area contributed by atoms with Crippen LogP contribution in [0.2, 0.25) is 0 Å². The minimum atomic E-state index is -0.779. The molecule has 1 aromatic carbocycles. The Labute approximate surface area is 78.8 Å². The molecule has 2 heteroatoms. The van der Waals surface area contributed by atoms with Gasteiger partial charge in [0.2, 0.25) is 0 Å². The van der Waals surface area contributed by atoms with Gasteiger partial charge in [-0.25, -0.2) is 0 Å². The highest BCUT2D eigenvalue weighted by atomic mass is 16.3. The molecule has 0 aliphatic carbocycles. The van der Waals surface area contributed by atoms with Crippen molar-refractivity contribution in [1.29, 1.82) is 0 Å². The summed E-state index contributed by atoms with van der Waals surface area (Å²) in [5.41, 5.74) is 3.00. The average Bonchev–Trinajstić information content (AvgIpc) is 2.01. The van der Waals surface area contributed by atoms with E-state index in [2.05, 4.69) is 0 Å². The number of rotatable bonds is 2. The normalized spacial score (nSPS) is 15.5. The molecule has 0 aliphatic rings. The lowest BCUT2D eigenvalue weighted by atomic mass is 10.0. The van der Waals surface area contributed by atoms with Crippen molar-refractivity contribution in [2.75, 3.05) is 0 Å². The van der Waals surface area contributed by atoms with E-state index in [0.717, 1.165) is 16.7 Å². The van der Waals surface area contributed by atoms with Crippen molar-refractivity contribution in [2.45, 2.75) is 33.0 Å². The van der Waals surface area contributed by atoms with Crippen LogP contribution in [0.15, 0.2) is 18.2 Å². The first kappa shape index (κ1) is 10.2. The molecule has 2 atom stereocenters. The SMILES string of the molecule is Cc1cc(C)cc([C@H](O)[C@H](C)O)c1. The molecule has 0 bridgehead atoms. The molecular formula is C11H16O2. The lowest BCUT2D eigenvalue weighted by molar-refractivity contribution is 0.0305. The lowest BCUT2D eigenvalue weighted by Crippen LogP contribution is -2.13. The van der Waals surface area contributed by atoms with Gasteiger partial charge in [0.1, 0.15) is 6.10 Å². The van der Waals surface area contributed by atoms with Gasteiger partial charge in [0.25, 0.3) is 0 Å². The van der Waals surface area contributed by atoms with Crippen LogP contribution in [0.3, 0.4) is 0 Å². The standard InChI is InChI=1S/C11H16O2/c1-7-4-8(2)6-10(5-7)11(13)9(3)12/h4-6,9,11-13H,1-3H3/t9-,11+/m0/s1. The molecule has 0 heterocycles. The molecule has 1 aromatic rings. The summed E-state index contributed by atoms with van der Waals surface area (Å²) in [4.78, 5) is 0. The zero-order chi connectivity index (χ0) is 10.0. The number of aryl methyl sites for hydroxylation is 2. The fourth-order valence-electron chi connectivity index (χ4n) is 1.46. The summed E-state index contributed by atoms with van der Waals surface area (Å²) in [5, 5.41) is 18.8. The van der Waals surface area contributed by atoms with Crippen molar-refractivity contribution in [3.05, 3.63) is 34.9 Å². The van der Waals surface area contributed by atoms with E-state index in [1.54, 1.807) is 6.92 Å². The fourth-order valence-corrected chi connectivity index (χ4v) is 1.46. The van der Waals surface area contributed by atoms with Gasteiger partial charge in [0, 0.05) is 0 Å². The minimum absolute atomic E-state index is 0.721. The van der Waals surface area contributed by atoms with Crippen LogP contribution < -0.4 is 0 Å². The van der Waals surface area contributed by atoms with Gasteiger partial charge in [0.15, 0.2) is 0 Å². The maximum Gasteiger partial charge on any atom is 0.105 e. The largest absolute Gasteiger partial charge is 0.390 e. The number of benzene rings is 1. The van der Waals surface area contributed by atoms with Gasteiger partial charge >= 0.3 is 0 Å². The zero-order valence-electron chi connectivity index (χ0n) is 8.28. The molecule has 0 spiro atoms. The van der Waals surface area contributed by atoms with Crippen LogP contribution in [0.1, 0.15) is 29.7 Å². The maximum atomic E-state index is 9.60. The van der Waals surface area contributed by atoms with Gasteiger partial charge in [-0.15, -0.1) is 0 Å². The van der Waals surface area contributed by atoms with Gasteiger partial charge in [0.05, 0.1) is 6.10 Å². The van der Waals surface area contributed by atoms with Crippen molar-refractivity contribution in [3.8, 4) is 0 Å². The third-order valence-corrected chi connectivity index (χ3v) is 2.04. The van der Waals surface area contributed by atoms with Crippen molar-refractivity contribution in [1.82, 2.24) is 0 Å². The Balaban J connectivity index is 3.01. The van der Waals surface area contributed by atoms with Crippen LogP contribution in [-0.2, 0) is 0 Å². The molecular weight excluding hydrogens is 164 g/mol. The lowest BCUT2D eigenvalue weighted by Gasteiger charge is -2.15. The van der Waals surface area contributed by atoms with Gasteiger partial charge < -0.3 is 10.2 Å². The molecule has 2 N–H and O–H groups in total. The quantitative estimate of drug-likeness (QED) is 0.727. The number of hydrogen-bond donors (Lipinski definition) is 2. The smallest absolute Gasteiger partial charge is 0.105 e. The molecule has 13 heavy (non-hydrogen) atoms. The first-order chi connectivity index (χ1) is 6.00. The van der Waals surface area contributed by atoms with Crippen LogP contribution in [0.4, 0.5) is 0 Å². The van der Waals surface area contributed by atoms with Gasteiger partial charge in [-0.3, -0.25) is 0 Å². The second kappa shape index (κ2) is 3.90. The van der Waals surface area contributed by atoms with Crippen LogP contribution in [-0.4, -0.2) is 16.3 Å². The fraction of sp³-hybridized carbons (Fsp3) is 0.455. The second-order valence-electron chi connectivity index (χ2n) is 3.61. The van der Waals surface area contributed by atoms with E-state index in [9.17, 15) is 10.2 Å².